The van der Waals surface area contributed by atoms with Crippen molar-refractivity contribution in [1.29, 1.82) is 0 Å². The summed E-state index contributed by atoms with van der Waals surface area (Å²) in [6, 6.07) is 2.11. The minimum atomic E-state index is -0.195. The van der Waals surface area contributed by atoms with Crippen LogP contribution in [0, 0.1) is 5.92 Å². The first kappa shape index (κ1) is 8.54. The monoisotopic (exact) mass is 191 g/mol. The van der Waals surface area contributed by atoms with E-state index in [1.807, 2.05) is 0 Å². The minimum absolute atomic E-state index is 0.195. The van der Waals surface area contributed by atoms with E-state index in [0.29, 0.717) is 0 Å². The fourth-order valence-electron chi connectivity index (χ4n) is 2.48. The Balaban J connectivity index is 1.89. The van der Waals surface area contributed by atoms with Crippen molar-refractivity contribution in [3.05, 3.63) is 23.5 Å². The van der Waals surface area contributed by atoms with E-state index in [9.17, 15) is 5.11 Å². The Hall–Kier alpha value is -0.760. The molecule has 1 N–H and O–H groups in total. The Labute approximate surface area is 84.6 Å². The lowest BCUT2D eigenvalue weighted by molar-refractivity contribution is 0.155. The Morgan fingerprint density at radius 1 is 1.36 bits per heavy atom. The van der Waals surface area contributed by atoms with Gasteiger partial charge < -0.3 is 9.67 Å². The molecule has 1 aromatic heterocycles. The molecule has 14 heavy (non-hydrogen) atoms. The van der Waals surface area contributed by atoms with Crippen molar-refractivity contribution in [3.63, 3.8) is 0 Å². The number of aliphatic hydroxyl groups is 1. The molecular weight excluding hydrogens is 174 g/mol. The summed E-state index contributed by atoms with van der Waals surface area (Å²) in [5, 5.41) is 9.81. The SMILES string of the molecule is OC1CCCc2c1ccn2CC1CC1. The Morgan fingerprint density at radius 3 is 3.00 bits per heavy atom. The summed E-state index contributed by atoms with van der Waals surface area (Å²) in [4.78, 5) is 0. The van der Waals surface area contributed by atoms with Crippen LogP contribution in [0.2, 0.25) is 0 Å². The zero-order valence-electron chi connectivity index (χ0n) is 8.45. The van der Waals surface area contributed by atoms with Crippen molar-refractivity contribution in [3.8, 4) is 0 Å². The zero-order valence-corrected chi connectivity index (χ0v) is 8.45. The third-order valence-electron chi connectivity index (χ3n) is 3.52. The lowest BCUT2D eigenvalue weighted by atomic mass is 9.95. The van der Waals surface area contributed by atoms with Crippen LogP contribution in [0.1, 0.15) is 43.0 Å². The maximum atomic E-state index is 9.81. The molecule has 0 aliphatic heterocycles. The lowest BCUT2D eigenvalue weighted by Gasteiger charge is -2.20. The number of aromatic nitrogens is 1. The van der Waals surface area contributed by atoms with Crippen LogP contribution in [-0.2, 0) is 13.0 Å². The number of fused-ring (bicyclic) bond motifs is 1. The third kappa shape index (κ3) is 1.38. The highest BCUT2D eigenvalue weighted by molar-refractivity contribution is 5.27. The van der Waals surface area contributed by atoms with E-state index in [4.69, 9.17) is 0 Å². The zero-order chi connectivity index (χ0) is 9.54. The summed E-state index contributed by atoms with van der Waals surface area (Å²) in [6.07, 6.45) is 8.01. The molecule has 0 bridgehead atoms. The normalized spacial score (nSPS) is 26.2. The van der Waals surface area contributed by atoms with Gasteiger partial charge in [-0.3, -0.25) is 0 Å². The predicted molar refractivity (Wildman–Crippen MR) is 55.1 cm³/mol. The van der Waals surface area contributed by atoms with Gasteiger partial charge in [0.05, 0.1) is 6.10 Å². The second-order valence-electron chi connectivity index (χ2n) is 4.72. The largest absolute Gasteiger partial charge is 0.388 e. The van der Waals surface area contributed by atoms with Crippen LogP contribution in [0.5, 0.6) is 0 Å². The molecule has 2 aliphatic carbocycles. The van der Waals surface area contributed by atoms with Gasteiger partial charge in [0.15, 0.2) is 0 Å². The topological polar surface area (TPSA) is 25.2 Å². The third-order valence-corrected chi connectivity index (χ3v) is 3.52. The van der Waals surface area contributed by atoms with E-state index in [1.165, 1.54) is 30.6 Å². The molecule has 3 rings (SSSR count). The molecule has 0 saturated heterocycles. The van der Waals surface area contributed by atoms with Crippen LogP contribution in [0.25, 0.3) is 0 Å². The van der Waals surface area contributed by atoms with Crippen molar-refractivity contribution >= 4 is 0 Å². The number of rotatable bonds is 2. The van der Waals surface area contributed by atoms with Gasteiger partial charge in [-0.25, -0.2) is 0 Å². The summed E-state index contributed by atoms with van der Waals surface area (Å²) in [5.41, 5.74) is 2.59. The van der Waals surface area contributed by atoms with Crippen LogP contribution in [0.4, 0.5) is 0 Å². The van der Waals surface area contributed by atoms with Gasteiger partial charge in [-0.15, -0.1) is 0 Å². The molecular formula is C12H17NO. The highest BCUT2D eigenvalue weighted by Crippen LogP contribution is 2.35. The van der Waals surface area contributed by atoms with Crippen molar-refractivity contribution in [2.45, 2.75) is 44.8 Å². The molecule has 76 valence electrons. The van der Waals surface area contributed by atoms with Gasteiger partial charge in [-0.2, -0.15) is 0 Å². The minimum Gasteiger partial charge on any atom is -0.388 e. The lowest BCUT2D eigenvalue weighted by Crippen LogP contribution is -2.12. The molecule has 1 atom stereocenters. The second kappa shape index (κ2) is 3.13. The predicted octanol–water partition coefficient (Wildman–Crippen LogP) is 2.27. The first-order valence-corrected chi connectivity index (χ1v) is 5.70. The van der Waals surface area contributed by atoms with E-state index >= 15 is 0 Å². The molecule has 0 spiro atoms. The van der Waals surface area contributed by atoms with Gasteiger partial charge in [0, 0.05) is 24.0 Å². The average molecular weight is 191 g/mol. The summed E-state index contributed by atoms with van der Waals surface area (Å²) >= 11 is 0. The molecule has 1 unspecified atom stereocenters. The maximum Gasteiger partial charge on any atom is 0.0807 e. The summed E-state index contributed by atoms with van der Waals surface area (Å²) in [7, 11) is 0. The number of aliphatic hydroxyl groups excluding tert-OH is 1. The van der Waals surface area contributed by atoms with E-state index in [1.54, 1.807) is 0 Å². The highest BCUT2D eigenvalue weighted by Gasteiger charge is 2.25. The van der Waals surface area contributed by atoms with Crippen LogP contribution >= 0.6 is 0 Å². The highest BCUT2D eigenvalue weighted by atomic mass is 16.3. The second-order valence-corrected chi connectivity index (χ2v) is 4.72. The van der Waals surface area contributed by atoms with Gasteiger partial charge in [0.25, 0.3) is 0 Å². The first-order valence-electron chi connectivity index (χ1n) is 5.70. The first-order chi connectivity index (χ1) is 6.84. The van der Waals surface area contributed by atoms with E-state index < -0.39 is 0 Å². The van der Waals surface area contributed by atoms with Crippen LogP contribution in [0.15, 0.2) is 12.3 Å². The Kier molecular flexibility index (Phi) is 1.91. The van der Waals surface area contributed by atoms with Gasteiger partial charge >= 0.3 is 0 Å². The average Bonchev–Trinajstić information content (AvgIpc) is 2.88. The molecule has 2 nitrogen and oxygen atoms in total. The van der Waals surface area contributed by atoms with Crippen LogP contribution < -0.4 is 0 Å². The van der Waals surface area contributed by atoms with Crippen molar-refractivity contribution in [2.75, 3.05) is 0 Å². The molecule has 1 aromatic rings. The van der Waals surface area contributed by atoms with Crippen molar-refractivity contribution in [2.24, 2.45) is 5.92 Å². The summed E-state index contributed by atoms with van der Waals surface area (Å²) in [5.74, 6) is 0.922. The van der Waals surface area contributed by atoms with E-state index in [-0.39, 0.29) is 6.10 Å². The number of hydrogen-bond donors (Lipinski definition) is 1. The van der Waals surface area contributed by atoms with Crippen molar-refractivity contribution in [1.82, 2.24) is 4.57 Å². The molecule has 0 radical (unpaired) electrons. The molecule has 1 heterocycles. The van der Waals surface area contributed by atoms with Crippen LogP contribution in [-0.4, -0.2) is 9.67 Å². The molecule has 2 heteroatoms. The number of hydrogen-bond acceptors (Lipinski definition) is 1. The number of nitrogens with zero attached hydrogens (tertiary/aromatic N) is 1. The smallest absolute Gasteiger partial charge is 0.0807 e. The van der Waals surface area contributed by atoms with Gasteiger partial charge in [0.2, 0.25) is 0 Å². The maximum absolute atomic E-state index is 9.81. The summed E-state index contributed by atoms with van der Waals surface area (Å²) < 4.78 is 2.37. The van der Waals surface area contributed by atoms with Crippen LogP contribution in [0.3, 0.4) is 0 Å². The van der Waals surface area contributed by atoms with Gasteiger partial charge in [0.1, 0.15) is 0 Å². The molecule has 1 saturated carbocycles. The van der Waals surface area contributed by atoms with E-state index in [2.05, 4.69) is 16.8 Å². The van der Waals surface area contributed by atoms with Gasteiger partial charge in [-0.1, -0.05) is 0 Å². The Bertz CT molecular complexity index is 338. The molecule has 0 aromatic carbocycles. The fraction of sp³-hybridized carbons (Fsp3) is 0.667. The van der Waals surface area contributed by atoms with Crippen molar-refractivity contribution < 1.29 is 5.11 Å². The Morgan fingerprint density at radius 2 is 2.21 bits per heavy atom. The quantitative estimate of drug-likeness (QED) is 0.762. The van der Waals surface area contributed by atoms with E-state index in [0.717, 1.165) is 25.2 Å². The molecule has 2 aliphatic rings. The molecule has 0 amide bonds. The molecule has 1 fully saturated rings. The standard InChI is InChI=1S/C12H17NO/c14-12-3-1-2-11-10(12)6-7-13(11)8-9-4-5-9/h6-7,9,12,14H,1-5,8H2. The fourth-order valence-corrected chi connectivity index (χ4v) is 2.48. The van der Waals surface area contributed by atoms with Gasteiger partial charge in [-0.05, 0) is 44.1 Å². The summed E-state index contributed by atoms with van der Waals surface area (Å²) in [6.45, 7) is 1.18.